The molecule has 1 fully saturated rings. The number of nitro benzene ring substituents is 1. The third kappa shape index (κ3) is 2.39. The molecule has 110 valence electrons. The molecule has 0 saturated carbocycles. The van der Waals surface area contributed by atoms with Crippen LogP contribution in [0.2, 0.25) is 0 Å². The fourth-order valence-corrected chi connectivity index (χ4v) is 4.28. The molecule has 2 rings (SSSR count). The van der Waals surface area contributed by atoms with Crippen molar-refractivity contribution in [3.05, 3.63) is 34.1 Å². The maximum absolute atomic E-state index is 13.8. The third-order valence-electron chi connectivity index (χ3n) is 3.30. The molecule has 1 aromatic rings. The van der Waals surface area contributed by atoms with Gasteiger partial charge in [-0.05, 0) is 18.9 Å². The van der Waals surface area contributed by atoms with Gasteiger partial charge in [0.05, 0.1) is 4.92 Å². The van der Waals surface area contributed by atoms with Crippen LogP contribution in [-0.4, -0.2) is 36.8 Å². The van der Waals surface area contributed by atoms with Gasteiger partial charge in [0.15, 0.2) is 4.90 Å². The van der Waals surface area contributed by atoms with E-state index < -0.39 is 37.4 Å². The molecule has 7 nitrogen and oxygen atoms in total. The number of hydrogen-bond acceptors (Lipinski definition) is 5. The van der Waals surface area contributed by atoms with Gasteiger partial charge in [0.2, 0.25) is 0 Å². The van der Waals surface area contributed by atoms with E-state index in [1.165, 1.54) is 0 Å². The molecule has 0 bridgehead atoms. The Balaban J connectivity index is 2.58. The second-order valence-electron chi connectivity index (χ2n) is 4.49. The average molecular weight is 303 g/mol. The van der Waals surface area contributed by atoms with E-state index in [0.29, 0.717) is 12.8 Å². The van der Waals surface area contributed by atoms with E-state index in [-0.39, 0.29) is 13.1 Å². The fraction of sp³-hybridized carbons (Fsp3) is 0.455. The van der Waals surface area contributed by atoms with Crippen molar-refractivity contribution in [2.75, 3.05) is 13.1 Å². The number of nitrogens with zero attached hydrogens (tertiary/aromatic N) is 2. The summed E-state index contributed by atoms with van der Waals surface area (Å²) in [5, 5.41) is 10.9. The van der Waals surface area contributed by atoms with Crippen LogP contribution in [0.5, 0.6) is 0 Å². The number of rotatable bonds is 4. The zero-order valence-electron chi connectivity index (χ0n) is 10.5. The molecule has 0 aliphatic carbocycles. The number of nitro groups is 1. The quantitative estimate of drug-likeness (QED) is 0.655. The summed E-state index contributed by atoms with van der Waals surface area (Å²) >= 11 is 0. The molecule has 1 aliphatic rings. The van der Waals surface area contributed by atoms with Crippen LogP contribution in [0.15, 0.2) is 23.1 Å². The van der Waals surface area contributed by atoms with Crippen molar-refractivity contribution >= 4 is 15.7 Å². The fourth-order valence-electron chi connectivity index (χ4n) is 2.38. The lowest BCUT2D eigenvalue weighted by molar-refractivity contribution is -0.388. The summed E-state index contributed by atoms with van der Waals surface area (Å²) in [6.45, 7) is 0.289. The normalized spacial score (nSPS) is 20.2. The molecule has 9 heteroatoms. The Morgan fingerprint density at radius 1 is 1.50 bits per heavy atom. The maximum atomic E-state index is 13.8. The van der Waals surface area contributed by atoms with Crippen molar-refractivity contribution in [3.63, 3.8) is 0 Å². The summed E-state index contributed by atoms with van der Waals surface area (Å²) in [5.41, 5.74) is 4.74. The Hall–Kier alpha value is -1.58. The molecule has 0 amide bonds. The Kier molecular flexibility index (Phi) is 4.02. The van der Waals surface area contributed by atoms with Gasteiger partial charge in [-0.2, -0.15) is 4.31 Å². The van der Waals surface area contributed by atoms with E-state index in [1.807, 2.05) is 0 Å². The van der Waals surface area contributed by atoms with Crippen molar-refractivity contribution in [2.45, 2.75) is 23.8 Å². The molecular weight excluding hydrogens is 289 g/mol. The summed E-state index contributed by atoms with van der Waals surface area (Å²) in [4.78, 5) is 9.13. The second-order valence-corrected chi connectivity index (χ2v) is 6.32. The predicted octanol–water partition coefficient (Wildman–Crippen LogP) is 0.846. The Morgan fingerprint density at radius 3 is 2.80 bits per heavy atom. The predicted molar refractivity (Wildman–Crippen MR) is 69.0 cm³/mol. The smallest absolute Gasteiger partial charge is 0.292 e. The average Bonchev–Trinajstić information content (AvgIpc) is 2.87. The van der Waals surface area contributed by atoms with Crippen LogP contribution in [0.25, 0.3) is 0 Å². The van der Waals surface area contributed by atoms with Gasteiger partial charge in [0.25, 0.3) is 15.7 Å². The van der Waals surface area contributed by atoms with Crippen LogP contribution in [-0.2, 0) is 10.0 Å². The summed E-state index contributed by atoms with van der Waals surface area (Å²) in [6.07, 6.45) is 1.17. The summed E-state index contributed by atoms with van der Waals surface area (Å²) in [7, 11) is -4.27. The van der Waals surface area contributed by atoms with Crippen molar-refractivity contribution in [2.24, 2.45) is 5.73 Å². The van der Waals surface area contributed by atoms with E-state index in [4.69, 9.17) is 5.73 Å². The first-order valence-electron chi connectivity index (χ1n) is 6.04. The van der Waals surface area contributed by atoms with Crippen molar-refractivity contribution < 1.29 is 17.7 Å². The van der Waals surface area contributed by atoms with Gasteiger partial charge < -0.3 is 5.73 Å². The lowest BCUT2D eigenvalue weighted by Crippen LogP contribution is -2.40. The summed E-state index contributed by atoms with van der Waals surface area (Å²) in [5.74, 6) is -1.12. The van der Waals surface area contributed by atoms with Gasteiger partial charge in [-0.15, -0.1) is 0 Å². The van der Waals surface area contributed by atoms with E-state index in [0.717, 1.165) is 22.5 Å². The largest absolute Gasteiger partial charge is 0.329 e. The highest BCUT2D eigenvalue weighted by molar-refractivity contribution is 7.89. The maximum Gasteiger partial charge on any atom is 0.292 e. The van der Waals surface area contributed by atoms with Crippen molar-refractivity contribution in [3.8, 4) is 0 Å². The highest BCUT2D eigenvalue weighted by Gasteiger charge is 2.40. The van der Waals surface area contributed by atoms with E-state index >= 15 is 0 Å². The molecule has 1 aromatic carbocycles. The highest BCUT2D eigenvalue weighted by atomic mass is 32.2. The molecule has 1 atom stereocenters. The number of sulfonamides is 1. The highest BCUT2D eigenvalue weighted by Crippen LogP contribution is 2.32. The van der Waals surface area contributed by atoms with Crippen LogP contribution in [0, 0.1) is 15.9 Å². The zero-order valence-corrected chi connectivity index (χ0v) is 11.3. The molecule has 1 saturated heterocycles. The number of hydrogen-bond donors (Lipinski definition) is 1. The topological polar surface area (TPSA) is 107 Å². The molecular formula is C11H14FN3O4S. The lowest BCUT2D eigenvalue weighted by Gasteiger charge is -2.22. The van der Waals surface area contributed by atoms with Crippen LogP contribution in [0.1, 0.15) is 12.8 Å². The van der Waals surface area contributed by atoms with Gasteiger partial charge >= 0.3 is 0 Å². The van der Waals surface area contributed by atoms with Crippen LogP contribution in [0.3, 0.4) is 0 Å². The third-order valence-corrected chi connectivity index (χ3v) is 5.32. The van der Waals surface area contributed by atoms with Gasteiger partial charge in [0, 0.05) is 25.2 Å². The molecule has 20 heavy (non-hydrogen) atoms. The monoisotopic (exact) mass is 303 g/mol. The van der Waals surface area contributed by atoms with Gasteiger partial charge in [-0.1, -0.05) is 6.07 Å². The van der Waals surface area contributed by atoms with E-state index in [9.17, 15) is 22.9 Å². The zero-order chi connectivity index (χ0) is 14.9. The Bertz CT molecular complexity index is 635. The molecule has 0 radical (unpaired) electrons. The first-order valence-corrected chi connectivity index (χ1v) is 7.48. The van der Waals surface area contributed by atoms with Crippen molar-refractivity contribution in [1.82, 2.24) is 4.31 Å². The first kappa shape index (κ1) is 14.8. The van der Waals surface area contributed by atoms with Gasteiger partial charge in [-0.3, -0.25) is 10.1 Å². The minimum atomic E-state index is -4.27. The molecule has 0 spiro atoms. The number of benzene rings is 1. The molecule has 1 heterocycles. The molecule has 1 unspecified atom stereocenters. The van der Waals surface area contributed by atoms with E-state index in [1.54, 1.807) is 0 Å². The SMILES string of the molecule is NCC1CCCN1S(=O)(=O)c1c(F)cccc1[N+](=O)[O-]. The Morgan fingerprint density at radius 2 is 2.20 bits per heavy atom. The van der Waals surface area contributed by atoms with Crippen LogP contribution >= 0.6 is 0 Å². The molecule has 2 N–H and O–H groups in total. The van der Waals surface area contributed by atoms with Crippen LogP contribution in [0.4, 0.5) is 10.1 Å². The summed E-state index contributed by atoms with van der Waals surface area (Å²) < 4.78 is 39.9. The van der Waals surface area contributed by atoms with E-state index in [2.05, 4.69) is 0 Å². The van der Waals surface area contributed by atoms with Gasteiger partial charge in [-0.25, -0.2) is 12.8 Å². The van der Waals surface area contributed by atoms with Crippen LogP contribution < -0.4 is 5.73 Å². The van der Waals surface area contributed by atoms with Gasteiger partial charge in [0.1, 0.15) is 5.82 Å². The molecule has 1 aliphatic heterocycles. The lowest BCUT2D eigenvalue weighted by atomic mass is 10.2. The minimum Gasteiger partial charge on any atom is -0.329 e. The van der Waals surface area contributed by atoms with Crippen molar-refractivity contribution in [1.29, 1.82) is 0 Å². The minimum absolute atomic E-state index is 0.0987. The second kappa shape index (κ2) is 5.43. The first-order chi connectivity index (χ1) is 9.39. The summed E-state index contributed by atoms with van der Waals surface area (Å²) in [6, 6.07) is 2.53. The molecule has 0 aromatic heterocycles. The Labute approximate surface area is 115 Å². The number of nitrogens with two attached hydrogens (primary N) is 1. The number of halogens is 1. The standard InChI is InChI=1S/C11H14FN3O4S/c12-9-4-1-5-10(15(16)17)11(9)20(18,19)14-6-2-3-8(14)7-13/h1,4-5,8H,2-3,6-7,13H2.